The van der Waals surface area contributed by atoms with Crippen molar-refractivity contribution in [3.63, 3.8) is 0 Å². The summed E-state index contributed by atoms with van der Waals surface area (Å²) in [5.74, 6) is -0.333. The molecule has 1 atom stereocenters. The summed E-state index contributed by atoms with van der Waals surface area (Å²) >= 11 is 0. The lowest BCUT2D eigenvalue weighted by molar-refractivity contribution is -0.134. The highest BCUT2D eigenvalue weighted by molar-refractivity contribution is 6.09. The Kier molecular flexibility index (Phi) is 5.21. The maximum Gasteiger partial charge on any atom is 0.325 e. The van der Waals surface area contributed by atoms with Crippen LogP contribution in [0.25, 0.3) is 0 Å². The van der Waals surface area contributed by atoms with E-state index in [9.17, 15) is 19.5 Å². The highest BCUT2D eigenvalue weighted by atomic mass is 16.5. The van der Waals surface area contributed by atoms with E-state index in [-0.39, 0.29) is 12.3 Å². The molecule has 8 nitrogen and oxygen atoms in total. The van der Waals surface area contributed by atoms with Crippen molar-refractivity contribution < 1.29 is 24.2 Å². The molecule has 1 unspecified atom stereocenters. The Morgan fingerprint density at radius 2 is 1.86 bits per heavy atom. The monoisotopic (exact) mass is 383 g/mol. The standard InChI is InChI=1S/C20H21N3O5/c1-20(14-7-9-15(28-2)10-8-14)18(26)23(19(27)22-20)12-17(25)21-11-13-5-3-4-6-16(13)24/h3-10,24H,11-12H2,1-2H3,(H,21,25)(H,22,27). The van der Waals surface area contributed by atoms with Crippen molar-refractivity contribution in [2.75, 3.05) is 13.7 Å². The van der Waals surface area contributed by atoms with Crippen LogP contribution in [-0.4, -0.2) is 41.5 Å². The van der Waals surface area contributed by atoms with Crippen molar-refractivity contribution in [1.29, 1.82) is 0 Å². The van der Waals surface area contributed by atoms with Crippen molar-refractivity contribution in [3.05, 3.63) is 59.7 Å². The Morgan fingerprint density at radius 1 is 1.18 bits per heavy atom. The van der Waals surface area contributed by atoms with Crippen molar-refractivity contribution in [2.45, 2.75) is 19.0 Å². The van der Waals surface area contributed by atoms with Crippen LogP contribution >= 0.6 is 0 Å². The molecule has 3 N–H and O–H groups in total. The number of carbonyl (C=O) groups is 3. The SMILES string of the molecule is COc1ccc(C2(C)NC(=O)N(CC(=O)NCc3ccccc3O)C2=O)cc1. The second-order valence-corrected chi connectivity index (χ2v) is 6.58. The number of urea groups is 1. The van der Waals surface area contributed by atoms with Crippen LogP contribution in [-0.2, 0) is 21.7 Å². The number of carbonyl (C=O) groups excluding carboxylic acids is 3. The van der Waals surface area contributed by atoms with Crippen molar-refractivity contribution >= 4 is 17.8 Å². The molecular weight excluding hydrogens is 362 g/mol. The van der Waals surface area contributed by atoms with E-state index in [1.54, 1.807) is 49.4 Å². The second-order valence-electron chi connectivity index (χ2n) is 6.58. The van der Waals surface area contributed by atoms with Crippen LogP contribution in [0.4, 0.5) is 4.79 Å². The summed E-state index contributed by atoms with van der Waals surface area (Å²) < 4.78 is 5.10. The Balaban J connectivity index is 1.67. The summed E-state index contributed by atoms with van der Waals surface area (Å²) in [5.41, 5.74) is -0.138. The third kappa shape index (κ3) is 3.62. The number of methoxy groups -OCH3 is 1. The lowest BCUT2D eigenvalue weighted by atomic mass is 9.92. The molecule has 1 heterocycles. The molecule has 4 amide bonds. The fraction of sp³-hybridized carbons (Fsp3) is 0.250. The van der Waals surface area contributed by atoms with Gasteiger partial charge in [0.05, 0.1) is 7.11 Å². The number of rotatable bonds is 6. The summed E-state index contributed by atoms with van der Waals surface area (Å²) in [6, 6.07) is 12.7. The number of amides is 4. The van der Waals surface area contributed by atoms with Gasteiger partial charge in [-0.3, -0.25) is 14.5 Å². The van der Waals surface area contributed by atoms with Crippen molar-refractivity contribution in [1.82, 2.24) is 15.5 Å². The van der Waals surface area contributed by atoms with Crippen LogP contribution in [0.5, 0.6) is 11.5 Å². The number of phenols is 1. The van der Waals surface area contributed by atoms with Crippen LogP contribution < -0.4 is 15.4 Å². The summed E-state index contributed by atoms with van der Waals surface area (Å²) in [5, 5.41) is 15.0. The fourth-order valence-corrected chi connectivity index (χ4v) is 3.01. The molecule has 0 aromatic heterocycles. The zero-order valence-electron chi connectivity index (χ0n) is 15.6. The quantitative estimate of drug-likeness (QED) is 0.655. The van der Waals surface area contributed by atoms with E-state index >= 15 is 0 Å². The zero-order chi connectivity index (χ0) is 20.3. The molecule has 1 aliphatic rings. The molecule has 2 aromatic carbocycles. The minimum absolute atomic E-state index is 0.0601. The predicted octanol–water partition coefficient (Wildman–Crippen LogP) is 1.48. The van der Waals surface area contributed by atoms with Crippen LogP contribution in [0.15, 0.2) is 48.5 Å². The number of phenolic OH excluding ortho intramolecular Hbond substituents is 1. The maximum atomic E-state index is 12.8. The first-order chi connectivity index (χ1) is 13.3. The topological polar surface area (TPSA) is 108 Å². The first kappa shape index (κ1) is 19.2. The molecule has 0 spiro atoms. The largest absolute Gasteiger partial charge is 0.508 e. The Morgan fingerprint density at radius 3 is 2.50 bits per heavy atom. The molecule has 8 heteroatoms. The smallest absolute Gasteiger partial charge is 0.325 e. The van der Waals surface area contributed by atoms with E-state index < -0.39 is 29.9 Å². The van der Waals surface area contributed by atoms with Crippen molar-refractivity contribution in [3.8, 4) is 11.5 Å². The predicted molar refractivity (Wildman–Crippen MR) is 101 cm³/mol. The molecule has 146 valence electrons. The average Bonchev–Trinajstić information content (AvgIpc) is 2.91. The van der Waals surface area contributed by atoms with Gasteiger partial charge in [0, 0.05) is 12.1 Å². The van der Waals surface area contributed by atoms with Gasteiger partial charge in [-0.25, -0.2) is 4.79 Å². The Bertz CT molecular complexity index is 912. The van der Waals surface area contributed by atoms with Gasteiger partial charge < -0.3 is 20.5 Å². The van der Waals surface area contributed by atoms with Gasteiger partial charge in [-0.1, -0.05) is 30.3 Å². The molecule has 0 bridgehead atoms. The highest BCUT2D eigenvalue weighted by Gasteiger charge is 2.49. The van der Waals surface area contributed by atoms with E-state index in [1.165, 1.54) is 13.2 Å². The molecule has 1 saturated heterocycles. The number of benzene rings is 2. The normalized spacial score (nSPS) is 18.7. The number of ether oxygens (including phenoxy) is 1. The minimum Gasteiger partial charge on any atom is -0.508 e. The number of imide groups is 1. The second kappa shape index (κ2) is 7.59. The molecular formula is C20H21N3O5. The summed E-state index contributed by atoms with van der Waals surface area (Å²) in [4.78, 5) is 38.3. The maximum absolute atomic E-state index is 12.8. The van der Waals surface area contributed by atoms with Gasteiger partial charge >= 0.3 is 6.03 Å². The lowest BCUT2D eigenvalue weighted by Gasteiger charge is -2.22. The van der Waals surface area contributed by atoms with Gasteiger partial charge in [-0.05, 0) is 30.7 Å². The van der Waals surface area contributed by atoms with E-state index in [4.69, 9.17) is 4.74 Å². The highest BCUT2D eigenvalue weighted by Crippen LogP contribution is 2.29. The van der Waals surface area contributed by atoms with Crippen LogP contribution in [0.1, 0.15) is 18.1 Å². The third-order valence-corrected chi connectivity index (χ3v) is 4.71. The van der Waals surface area contributed by atoms with Gasteiger partial charge in [-0.2, -0.15) is 0 Å². The number of nitrogens with zero attached hydrogens (tertiary/aromatic N) is 1. The van der Waals surface area contributed by atoms with Gasteiger partial charge in [0.1, 0.15) is 23.6 Å². The van der Waals surface area contributed by atoms with E-state index in [0.29, 0.717) is 16.9 Å². The van der Waals surface area contributed by atoms with Gasteiger partial charge in [-0.15, -0.1) is 0 Å². The van der Waals surface area contributed by atoms with Gasteiger partial charge in [0.25, 0.3) is 5.91 Å². The number of aromatic hydroxyl groups is 1. The molecule has 1 aliphatic heterocycles. The van der Waals surface area contributed by atoms with Crippen LogP contribution in [0.2, 0.25) is 0 Å². The molecule has 0 saturated carbocycles. The summed E-state index contributed by atoms with van der Waals surface area (Å²) in [6.07, 6.45) is 0. The van der Waals surface area contributed by atoms with Crippen LogP contribution in [0, 0.1) is 0 Å². The molecule has 2 aromatic rings. The molecule has 0 radical (unpaired) electrons. The lowest BCUT2D eigenvalue weighted by Crippen LogP contribution is -2.43. The minimum atomic E-state index is -1.26. The van der Waals surface area contributed by atoms with Gasteiger partial charge in [0.15, 0.2) is 0 Å². The first-order valence-electron chi connectivity index (χ1n) is 8.67. The molecule has 0 aliphatic carbocycles. The number of hydrogen-bond donors (Lipinski definition) is 3. The Hall–Kier alpha value is -3.55. The Labute approximate surface area is 162 Å². The van der Waals surface area contributed by atoms with E-state index in [0.717, 1.165) is 4.90 Å². The number of para-hydroxylation sites is 1. The number of hydrogen-bond acceptors (Lipinski definition) is 5. The third-order valence-electron chi connectivity index (χ3n) is 4.71. The van der Waals surface area contributed by atoms with E-state index in [2.05, 4.69) is 10.6 Å². The average molecular weight is 383 g/mol. The van der Waals surface area contributed by atoms with E-state index in [1.807, 2.05) is 0 Å². The zero-order valence-corrected chi connectivity index (χ0v) is 15.6. The summed E-state index contributed by atoms with van der Waals surface area (Å²) in [7, 11) is 1.54. The van der Waals surface area contributed by atoms with Crippen molar-refractivity contribution in [2.24, 2.45) is 0 Å². The number of nitrogens with one attached hydrogen (secondary N) is 2. The summed E-state index contributed by atoms with van der Waals surface area (Å²) in [6.45, 7) is 1.27. The fourth-order valence-electron chi connectivity index (χ4n) is 3.01. The first-order valence-corrected chi connectivity index (χ1v) is 8.67. The van der Waals surface area contributed by atoms with Gasteiger partial charge in [0.2, 0.25) is 5.91 Å². The molecule has 28 heavy (non-hydrogen) atoms. The van der Waals surface area contributed by atoms with Crippen LogP contribution in [0.3, 0.4) is 0 Å². The molecule has 3 rings (SSSR count). The molecule has 1 fully saturated rings.